The molecular weight excluding hydrogens is 462 g/mol. The molecule has 0 radical (unpaired) electrons. The number of hydrogen-bond acceptors (Lipinski definition) is 6. The SMILES string of the molecule is C=C(C)Nc1ccn(C(=O)N2CCC3(CCCN3Cc3ccc(C)cc3N3CCN(CC)CC3)CC2)n1. The molecule has 1 aromatic carbocycles. The van der Waals surface area contributed by atoms with Crippen LogP contribution in [-0.2, 0) is 6.54 Å². The third-order valence-electron chi connectivity index (χ3n) is 8.59. The smallest absolute Gasteiger partial charge is 0.344 e. The summed E-state index contributed by atoms with van der Waals surface area (Å²) in [4.78, 5) is 23.0. The minimum atomic E-state index is -0.0406. The highest BCUT2D eigenvalue weighted by Gasteiger charge is 2.44. The van der Waals surface area contributed by atoms with Gasteiger partial charge in [0.1, 0.15) is 0 Å². The van der Waals surface area contributed by atoms with Crippen molar-refractivity contribution >= 4 is 17.5 Å². The summed E-state index contributed by atoms with van der Waals surface area (Å²) in [5.41, 5.74) is 5.20. The highest BCUT2D eigenvalue weighted by molar-refractivity contribution is 5.76. The monoisotopic (exact) mass is 505 g/mol. The number of allylic oxidation sites excluding steroid dienone is 1. The van der Waals surface area contributed by atoms with Crippen LogP contribution >= 0.6 is 0 Å². The topological polar surface area (TPSA) is 59.9 Å². The van der Waals surface area contributed by atoms with Gasteiger partial charge in [-0.15, -0.1) is 5.10 Å². The number of aryl methyl sites for hydroxylation is 1. The summed E-state index contributed by atoms with van der Waals surface area (Å²) in [5, 5.41) is 7.47. The van der Waals surface area contributed by atoms with Crippen molar-refractivity contribution in [2.45, 2.75) is 58.5 Å². The Balaban J connectivity index is 1.25. The third kappa shape index (κ3) is 5.55. The van der Waals surface area contributed by atoms with Gasteiger partial charge in [0.2, 0.25) is 0 Å². The average molecular weight is 506 g/mol. The highest BCUT2D eigenvalue weighted by atomic mass is 16.2. The summed E-state index contributed by atoms with van der Waals surface area (Å²) >= 11 is 0. The predicted octanol–water partition coefficient (Wildman–Crippen LogP) is 4.38. The van der Waals surface area contributed by atoms with Gasteiger partial charge in [-0.25, -0.2) is 4.79 Å². The molecule has 0 atom stereocenters. The lowest BCUT2D eigenvalue weighted by Crippen LogP contribution is -2.53. The summed E-state index contributed by atoms with van der Waals surface area (Å²) in [6, 6.07) is 8.79. The summed E-state index contributed by atoms with van der Waals surface area (Å²) in [6.07, 6.45) is 6.23. The van der Waals surface area contributed by atoms with Crippen molar-refractivity contribution in [3.05, 3.63) is 53.9 Å². The lowest BCUT2D eigenvalue weighted by Gasteiger charge is -2.45. The van der Waals surface area contributed by atoms with Crippen molar-refractivity contribution < 1.29 is 4.79 Å². The Labute approximate surface area is 221 Å². The average Bonchev–Trinajstić information content (AvgIpc) is 3.52. The zero-order chi connectivity index (χ0) is 26.0. The number of likely N-dealkylation sites (N-methyl/N-ethyl adjacent to an activating group) is 1. The Kier molecular flexibility index (Phi) is 7.58. The van der Waals surface area contributed by atoms with Crippen molar-refractivity contribution in [1.82, 2.24) is 24.5 Å². The van der Waals surface area contributed by atoms with Crippen LogP contribution in [0.4, 0.5) is 16.3 Å². The maximum absolute atomic E-state index is 13.1. The van der Waals surface area contributed by atoms with Gasteiger partial charge in [0.05, 0.1) is 0 Å². The van der Waals surface area contributed by atoms with E-state index in [1.807, 2.05) is 17.9 Å². The number of amides is 1. The Morgan fingerprint density at radius 2 is 1.81 bits per heavy atom. The third-order valence-corrected chi connectivity index (χ3v) is 8.59. The van der Waals surface area contributed by atoms with Gasteiger partial charge in [-0.1, -0.05) is 25.6 Å². The molecule has 5 rings (SSSR count). The van der Waals surface area contributed by atoms with Crippen LogP contribution in [0.1, 0.15) is 50.7 Å². The van der Waals surface area contributed by atoms with E-state index in [0.29, 0.717) is 5.82 Å². The molecule has 0 aliphatic carbocycles. The molecule has 1 aromatic heterocycles. The number of carbonyl (C=O) groups excluding carboxylic acids is 1. The molecule has 3 aliphatic heterocycles. The van der Waals surface area contributed by atoms with Gasteiger partial charge in [-0.2, -0.15) is 4.68 Å². The first-order valence-corrected chi connectivity index (χ1v) is 14.0. The van der Waals surface area contributed by atoms with Crippen LogP contribution in [0.25, 0.3) is 0 Å². The molecule has 200 valence electrons. The molecule has 1 spiro atoms. The van der Waals surface area contributed by atoms with Crippen LogP contribution in [0.2, 0.25) is 0 Å². The van der Waals surface area contributed by atoms with Crippen molar-refractivity contribution in [1.29, 1.82) is 0 Å². The molecule has 4 heterocycles. The van der Waals surface area contributed by atoms with Crippen LogP contribution in [0.3, 0.4) is 0 Å². The Hall–Kier alpha value is -2.84. The van der Waals surface area contributed by atoms with E-state index in [-0.39, 0.29) is 11.6 Å². The first-order chi connectivity index (χ1) is 17.9. The number of benzene rings is 1. The van der Waals surface area contributed by atoms with E-state index in [4.69, 9.17) is 0 Å². The molecule has 1 amide bonds. The minimum Gasteiger partial charge on any atom is -0.369 e. The second-order valence-corrected chi connectivity index (χ2v) is 11.1. The van der Waals surface area contributed by atoms with E-state index < -0.39 is 0 Å². The van der Waals surface area contributed by atoms with Crippen LogP contribution in [0.15, 0.2) is 42.7 Å². The van der Waals surface area contributed by atoms with Gasteiger partial charge in [-0.05, 0) is 69.8 Å². The first-order valence-electron chi connectivity index (χ1n) is 14.0. The predicted molar refractivity (Wildman–Crippen MR) is 150 cm³/mol. The largest absolute Gasteiger partial charge is 0.369 e. The van der Waals surface area contributed by atoms with E-state index in [9.17, 15) is 4.79 Å². The molecule has 1 N–H and O–H groups in total. The number of aromatic nitrogens is 2. The van der Waals surface area contributed by atoms with E-state index in [1.165, 1.54) is 34.3 Å². The number of likely N-dealkylation sites (tertiary alicyclic amines) is 2. The number of nitrogens with one attached hydrogen (secondary N) is 1. The van der Waals surface area contributed by atoms with Crippen molar-refractivity contribution in [2.75, 3.05) is 62.6 Å². The summed E-state index contributed by atoms with van der Waals surface area (Å²) in [5.74, 6) is 0.654. The number of carbonyl (C=O) groups is 1. The number of anilines is 2. The van der Waals surface area contributed by atoms with E-state index in [1.54, 1.807) is 6.20 Å². The van der Waals surface area contributed by atoms with Gasteiger partial charge in [0.25, 0.3) is 0 Å². The molecule has 8 heteroatoms. The van der Waals surface area contributed by atoms with Crippen LogP contribution in [-0.4, -0.2) is 88.4 Å². The summed E-state index contributed by atoms with van der Waals surface area (Å²) in [7, 11) is 0. The summed E-state index contributed by atoms with van der Waals surface area (Å²) in [6.45, 7) is 19.5. The highest BCUT2D eigenvalue weighted by Crippen LogP contribution is 2.40. The number of piperidine rings is 1. The van der Waals surface area contributed by atoms with E-state index in [0.717, 1.165) is 77.4 Å². The quantitative estimate of drug-likeness (QED) is 0.629. The van der Waals surface area contributed by atoms with Gasteiger partial charge in [-0.3, -0.25) is 4.90 Å². The minimum absolute atomic E-state index is 0.0406. The number of hydrogen-bond donors (Lipinski definition) is 1. The van der Waals surface area contributed by atoms with Crippen LogP contribution < -0.4 is 10.2 Å². The zero-order valence-electron chi connectivity index (χ0n) is 22.9. The molecule has 3 fully saturated rings. The standard InChI is InChI=1S/C29H43N7O/c1-5-32-17-19-33(20-18-32)26-21-24(4)7-8-25(26)22-35-13-6-10-29(35)11-15-34(16-12-29)28(37)36-14-9-27(31-36)30-23(2)3/h7-9,14,21H,2,5-6,10-13,15-20,22H2,1,3-4H3,(H,30,31). The fourth-order valence-electron chi connectivity index (χ4n) is 6.39. The molecule has 37 heavy (non-hydrogen) atoms. The normalized spacial score (nSPS) is 20.5. The number of nitrogens with zero attached hydrogens (tertiary/aromatic N) is 6. The fourth-order valence-corrected chi connectivity index (χ4v) is 6.39. The molecule has 0 saturated carbocycles. The first kappa shape index (κ1) is 25.8. The lowest BCUT2D eigenvalue weighted by atomic mass is 9.84. The number of rotatable bonds is 6. The van der Waals surface area contributed by atoms with Crippen molar-refractivity contribution in [2.24, 2.45) is 0 Å². The van der Waals surface area contributed by atoms with Gasteiger partial charge in [0.15, 0.2) is 5.82 Å². The van der Waals surface area contributed by atoms with Gasteiger partial charge >= 0.3 is 6.03 Å². The zero-order valence-corrected chi connectivity index (χ0v) is 22.9. The molecule has 3 saturated heterocycles. The summed E-state index contributed by atoms with van der Waals surface area (Å²) < 4.78 is 1.45. The maximum atomic E-state index is 13.1. The Morgan fingerprint density at radius 1 is 1.05 bits per heavy atom. The second kappa shape index (κ2) is 10.9. The lowest BCUT2D eigenvalue weighted by molar-refractivity contribution is 0.0585. The molecule has 0 bridgehead atoms. The molecule has 2 aromatic rings. The Morgan fingerprint density at radius 3 is 2.51 bits per heavy atom. The van der Waals surface area contributed by atoms with E-state index in [2.05, 4.69) is 63.7 Å². The molecule has 8 nitrogen and oxygen atoms in total. The maximum Gasteiger partial charge on any atom is 0.344 e. The van der Waals surface area contributed by atoms with Crippen molar-refractivity contribution in [3.8, 4) is 0 Å². The van der Waals surface area contributed by atoms with Crippen molar-refractivity contribution in [3.63, 3.8) is 0 Å². The van der Waals surface area contributed by atoms with Gasteiger partial charge in [0, 0.05) is 75.0 Å². The second-order valence-electron chi connectivity index (χ2n) is 11.1. The molecule has 0 unspecified atom stereocenters. The van der Waals surface area contributed by atoms with Gasteiger partial charge < -0.3 is 20.0 Å². The fraction of sp³-hybridized carbons (Fsp3) is 0.586. The van der Waals surface area contributed by atoms with E-state index >= 15 is 0 Å². The number of piperazine rings is 1. The van der Waals surface area contributed by atoms with Crippen LogP contribution in [0, 0.1) is 6.92 Å². The molecule has 3 aliphatic rings. The van der Waals surface area contributed by atoms with Crippen LogP contribution in [0.5, 0.6) is 0 Å². The Bertz CT molecular complexity index is 1110. The molecular formula is C29H43N7O.